The van der Waals surface area contributed by atoms with Gasteiger partial charge in [-0.1, -0.05) is 38.0 Å². The smallest absolute Gasteiger partial charge is 0.224 e. The minimum atomic E-state index is -0.394. The number of carbonyl (C=O) groups is 3. The number of nitrogens with one attached hydrogen (secondary N) is 1. The highest BCUT2D eigenvalue weighted by atomic mass is 16.3. The highest BCUT2D eigenvalue weighted by Gasteiger charge is 2.14. The zero-order valence-corrected chi connectivity index (χ0v) is 16.4. The lowest BCUT2D eigenvalue weighted by Crippen LogP contribution is -2.12. The Morgan fingerprint density at radius 3 is 2.26 bits per heavy atom. The summed E-state index contributed by atoms with van der Waals surface area (Å²) in [5, 5.41) is 11.6. The number of unbranched alkanes of at least 4 members (excludes halogenated alkanes) is 1. The van der Waals surface area contributed by atoms with Crippen molar-refractivity contribution in [2.75, 3.05) is 11.9 Å². The second kappa shape index (κ2) is 14.1. The number of para-hydroxylation sites is 1. The summed E-state index contributed by atoms with van der Waals surface area (Å²) in [5.74, 6) is 0.400. The van der Waals surface area contributed by atoms with E-state index >= 15 is 0 Å². The number of anilines is 1. The van der Waals surface area contributed by atoms with Gasteiger partial charge in [0.05, 0.1) is 0 Å². The van der Waals surface area contributed by atoms with Crippen molar-refractivity contribution in [3.8, 4) is 0 Å². The number of carbonyl (C=O) groups excluding carboxylic acids is 3. The van der Waals surface area contributed by atoms with Crippen LogP contribution in [0.1, 0.15) is 71.1 Å². The van der Waals surface area contributed by atoms with Crippen LogP contribution in [0, 0.1) is 5.92 Å². The Bertz CT molecular complexity index is 571. The first-order chi connectivity index (χ1) is 13.0. The summed E-state index contributed by atoms with van der Waals surface area (Å²) in [7, 11) is 0. The van der Waals surface area contributed by atoms with E-state index in [1.807, 2.05) is 30.3 Å². The molecule has 0 radical (unpaired) electrons. The van der Waals surface area contributed by atoms with Crippen LogP contribution in [0.2, 0.25) is 0 Å². The van der Waals surface area contributed by atoms with Crippen LogP contribution in [0.5, 0.6) is 0 Å². The zero-order chi connectivity index (χ0) is 19.9. The summed E-state index contributed by atoms with van der Waals surface area (Å²) in [4.78, 5) is 35.3. The molecule has 5 heteroatoms. The van der Waals surface area contributed by atoms with Gasteiger partial charge >= 0.3 is 0 Å². The molecule has 1 aromatic carbocycles. The molecule has 0 saturated carbocycles. The van der Waals surface area contributed by atoms with Crippen LogP contribution in [-0.2, 0) is 14.4 Å². The zero-order valence-electron chi connectivity index (χ0n) is 16.4. The molecule has 0 unspecified atom stereocenters. The van der Waals surface area contributed by atoms with Gasteiger partial charge in [-0.05, 0) is 43.7 Å². The molecule has 0 spiro atoms. The Kier molecular flexibility index (Phi) is 12.0. The fraction of sp³-hybridized carbons (Fsp3) is 0.591. The Hall–Kier alpha value is -2.01. The van der Waals surface area contributed by atoms with Gasteiger partial charge in [-0.25, -0.2) is 0 Å². The monoisotopic (exact) mass is 375 g/mol. The fourth-order valence-corrected chi connectivity index (χ4v) is 3.20. The van der Waals surface area contributed by atoms with Gasteiger partial charge in [0.2, 0.25) is 5.91 Å². The van der Waals surface area contributed by atoms with Crippen molar-refractivity contribution in [3.63, 3.8) is 0 Å². The van der Waals surface area contributed by atoms with E-state index in [4.69, 9.17) is 5.11 Å². The average molecular weight is 376 g/mol. The Labute approximate surface area is 162 Å². The molecule has 0 saturated heterocycles. The number of aliphatic hydroxyl groups excluding tert-OH is 1. The lowest BCUT2D eigenvalue weighted by molar-refractivity contribution is -0.122. The van der Waals surface area contributed by atoms with Gasteiger partial charge in [0.15, 0.2) is 5.78 Å². The van der Waals surface area contributed by atoms with Crippen molar-refractivity contribution in [2.45, 2.75) is 71.1 Å². The quantitative estimate of drug-likeness (QED) is 0.448. The van der Waals surface area contributed by atoms with Crippen molar-refractivity contribution in [3.05, 3.63) is 30.3 Å². The minimum absolute atomic E-state index is 0.0222. The Balaban J connectivity index is 2.19. The van der Waals surface area contributed by atoms with Crippen LogP contribution in [0.3, 0.4) is 0 Å². The van der Waals surface area contributed by atoms with Gasteiger partial charge in [-0.3, -0.25) is 14.4 Å². The summed E-state index contributed by atoms with van der Waals surface area (Å²) in [6.45, 7) is 1.71. The topological polar surface area (TPSA) is 83.5 Å². The molecule has 5 nitrogen and oxygen atoms in total. The van der Waals surface area contributed by atoms with E-state index in [2.05, 4.69) is 12.2 Å². The molecule has 27 heavy (non-hydrogen) atoms. The van der Waals surface area contributed by atoms with E-state index in [0.29, 0.717) is 38.0 Å². The summed E-state index contributed by atoms with van der Waals surface area (Å²) in [5.41, 5.74) is 0.792. The number of hydrogen-bond acceptors (Lipinski definition) is 4. The number of benzene rings is 1. The molecule has 0 bridgehead atoms. The molecule has 150 valence electrons. The maximum absolute atomic E-state index is 12.2. The van der Waals surface area contributed by atoms with Gasteiger partial charge in [0, 0.05) is 31.4 Å². The standard InChI is InChI=1S/C22H33NO4/c1-2-9-18(10-8-14-21(26)17-24)16-20(25)13-6-7-15-22(27)23-19-11-4-3-5-12-19/h3-5,11-12,18,24H,2,6-10,13-17H2,1H3,(H,23,27)/t18-/m0/s1. The molecular formula is C22H33NO4. The van der Waals surface area contributed by atoms with E-state index in [-0.39, 0.29) is 17.5 Å². The second-order valence-electron chi connectivity index (χ2n) is 7.11. The fourth-order valence-electron chi connectivity index (χ4n) is 3.20. The lowest BCUT2D eigenvalue weighted by atomic mass is 9.90. The van der Waals surface area contributed by atoms with Crippen molar-refractivity contribution in [1.29, 1.82) is 0 Å². The van der Waals surface area contributed by atoms with Crippen LogP contribution in [0.15, 0.2) is 30.3 Å². The molecule has 0 heterocycles. The predicted molar refractivity (Wildman–Crippen MR) is 108 cm³/mol. The number of aliphatic hydroxyl groups is 1. The molecule has 1 amide bonds. The molecule has 2 N–H and O–H groups in total. The largest absolute Gasteiger partial charge is 0.389 e. The third-order valence-corrected chi connectivity index (χ3v) is 4.62. The van der Waals surface area contributed by atoms with Crippen molar-refractivity contribution in [2.24, 2.45) is 5.92 Å². The Morgan fingerprint density at radius 1 is 0.926 bits per heavy atom. The van der Waals surface area contributed by atoms with Gasteiger partial charge in [0.25, 0.3) is 0 Å². The van der Waals surface area contributed by atoms with Crippen LogP contribution < -0.4 is 5.32 Å². The van der Waals surface area contributed by atoms with E-state index in [0.717, 1.165) is 37.8 Å². The minimum Gasteiger partial charge on any atom is -0.389 e. The molecule has 0 aliphatic rings. The molecule has 1 rings (SSSR count). The number of ketones is 2. The lowest BCUT2D eigenvalue weighted by Gasteiger charge is -2.15. The van der Waals surface area contributed by atoms with E-state index in [9.17, 15) is 14.4 Å². The SMILES string of the molecule is CCC[C@@H](CCCC(=O)CO)CC(=O)CCCCC(=O)Nc1ccccc1. The maximum atomic E-state index is 12.2. The summed E-state index contributed by atoms with van der Waals surface area (Å²) >= 11 is 0. The highest BCUT2D eigenvalue weighted by molar-refractivity contribution is 5.90. The van der Waals surface area contributed by atoms with Crippen molar-refractivity contribution >= 4 is 23.2 Å². The maximum Gasteiger partial charge on any atom is 0.224 e. The predicted octanol–water partition coefficient (Wildman–Crippen LogP) is 4.29. The summed E-state index contributed by atoms with van der Waals surface area (Å²) in [6.07, 6.45) is 6.89. The molecule has 0 fully saturated rings. The molecule has 1 atom stereocenters. The molecule has 0 aromatic heterocycles. The first-order valence-electron chi connectivity index (χ1n) is 10.0. The first-order valence-corrected chi connectivity index (χ1v) is 10.0. The molecular weight excluding hydrogens is 342 g/mol. The number of amides is 1. The van der Waals surface area contributed by atoms with E-state index in [1.54, 1.807) is 0 Å². The molecule has 1 aromatic rings. The van der Waals surface area contributed by atoms with Gasteiger partial charge in [-0.15, -0.1) is 0 Å². The van der Waals surface area contributed by atoms with Crippen LogP contribution in [0.4, 0.5) is 5.69 Å². The normalized spacial score (nSPS) is 11.8. The summed E-state index contributed by atoms with van der Waals surface area (Å²) < 4.78 is 0. The third kappa shape index (κ3) is 11.3. The number of rotatable bonds is 15. The van der Waals surface area contributed by atoms with Crippen molar-refractivity contribution in [1.82, 2.24) is 0 Å². The number of hydrogen-bond donors (Lipinski definition) is 2. The molecule has 0 aliphatic carbocycles. The van der Waals surface area contributed by atoms with Gasteiger partial charge in [-0.2, -0.15) is 0 Å². The number of Topliss-reactive ketones (excluding diaryl/α,β-unsaturated/α-hetero) is 2. The van der Waals surface area contributed by atoms with Crippen LogP contribution in [0.25, 0.3) is 0 Å². The average Bonchev–Trinajstić information content (AvgIpc) is 2.66. The third-order valence-electron chi connectivity index (χ3n) is 4.62. The van der Waals surface area contributed by atoms with Crippen molar-refractivity contribution < 1.29 is 19.5 Å². The Morgan fingerprint density at radius 2 is 1.59 bits per heavy atom. The molecule has 0 aliphatic heterocycles. The highest BCUT2D eigenvalue weighted by Crippen LogP contribution is 2.20. The summed E-state index contributed by atoms with van der Waals surface area (Å²) in [6, 6.07) is 9.35. The van der Waals surface area contributed by atoms with Crippen LogP contribution >= 0.6 is 0 Å². The second-order valence-corrected chi connectivity index (χ2v) is 7.11. The van der Waals surface area contributed by atoms with Gasteiger partial charge in [0.1, 0.15) is 12.4 Å². The van der Waals surface area contributed by atoms with E-state index in [1.165, 1.54) is 0 Å². The van der Waals surface area contributed by atoms with Gasteiger partial charge < -0.3 is 10.4 Å². The van der Waals surface area contributed by atoms with E-state index < -0.39 is 6.61 Å². The first kappa shape index (κ1) is 23.0. The van der Waals surface area contributed by atoms with Crippen LogP contribution in [-0.4, -0.2) is 29.2 Å².